The number of benzene rings is 1. The van der Waals surface area contributed by atoms with Gasteiger partial charge in [0.2, 0.25) is 11.7 Å². The van der Waals surface area contributed by atoms with Gasteiger partial charge in [0.25, 0.3) is 0 Å². The summed E-state index contributed by atoms with van der Waals surface area (Å²) < 4.78 is 7.68. The number of hydrogen-bond donors (Lipinski definition) is 0. The van der Waals surface area contributed by atoms with E-state index >= 15 is 0 Å². The fourth-order valence-electron chi connectivity index (χ4n) is 2.99. The normalized spacial score (nSPS) is 13.9. The minimum absolute atomic E-state index is 0.503. The lowest BCUT2D eigenvalue weighted by molar-refractivity contribution is 0.391. The van der Waals surface area contributed by atoms with Gasteiger partial charge in [0.05, 0.1) is 10.8 Å². The first kappa shape index (κ1) is 17.9. The first-order valence-electron chi connectivity index (χ1n) is 8.94. The molecule has 0 radical (unpaired) electrons. The zero-order valence-corrected chi connectivity index (χ0v) is 17.2. The summed E-state index contributed by atoms with van der Waals surface area (Å²) in [5.41, 5.74) is 0.767. The van der Waals surface area contributed by atoms with E-state index in [4.69, 9.17) is 16.1 Å². The number of halogens is 1. The van der Waals surface area contributed by atoms with Crippen molar-refractivity contribution in [1.82, 2.24) is 24.9 Å². The van der Waals surface area contributed by atoms with E-state index in [1.807, 2.05) is 24.3 Å². The Hall–Kier alpha value is -2.16. The van der Waals surface area contributed by atoms with Crippen LogP contribution in [0.4, 0.5) is 0 Å². The molecule has 1 aliphatic carbocycles. The van der Waals surface area contributed by atoms with Crippen LogP contribution in [0.1, 0.15) is 35.5 Å². The van der Waals surface area contributed by atoms with Gasteiger partial charge in [-0.3, -0.25) is 0 Å². The minimum Gasteiger partial charge on any atom is -0.338 e. The summed E-state index contributed by atoms with van der Waals surface area (Å²) in [6.07, 6.45) is 3.18. The molecule has 0 bridgehead atoms. The van der Waals surface area contributed by atoms with Crippen molar-refractivity contribution in [3.63, 3.8) is 0 Å². The number of nitrogens with zero attached hydrogens (tertiary/aromatic N) is 5. The Kier molecular flexibility index (Phi) is 4.92. The number of thiophene rings is 1. The van der Waals surface area contributed by atoms with Gasteiger partial charge >= 0.3 is 0 Å². The van der Waals surface area contributed by atoms with Crippen molar-refractivity contribution in [1.29, 1.82) is 0 Å². The van der Waals surface area contributed by atoms with Gasteiger partial charge in [0, 0.05) is 22.9 Å². The molecular formula is C19H16ClN5OS2. The van der Waals surface area contributed by atoms with Crippen LogP contribution in [0.5, 0.6) is 0 Å². The van der Waals surface area contributed by atoms with E-state index in [1.165, 1.54) is 17.7 Å². The maximum atomic E-state index is 6.22. The molecule has 0 aliphatic heterocycles. The summed E-state index contributed by atoms with van der Waals surface area (Å²) in [6.45, 7) is 0. The summed E-state index contributed by atoms with van der Waals surface area (Å²) in [4.78, 5) is 5.77. The summed E-state index contributed by atoms with van der Waals surface area (Å²) in [5.74, 6) is 2.62. The molecule has 3 heterocycles. The highest BCUT2D eigenvalue weighted by Gasteiger charge is 2.30. The highest BCUT2D eigenvalue weighted by Crippen LogP contribution is 2.39. The second kappa shape index (κ2) is 7.69. The van der Waals surface area contributed by atoms with Crippen LogP contribution in [0, 0.1) is 0 Å². The predicted octanol–water partition coefficient (Wildman–Crippen LogP) is 5.26. The Labute approximate surface area is 175 Å². The molecule has 0 unspecified atom stereocenters. The van der Waals surface area contributed by atoms with Gasteiger partial charge in [-0.2, -0.15) is 4.98 Å². The number of rotatable bonds is 7. The third-order valence-corrected chi connectivity index (χ3v) is 6.60. The zero-order valence-electron chi connectivity index (χ0n) is 14.8. The van der Waals surface area contributed by atoms with Crippen molar-refractivity contribution in [2.45, 2.75) is 36.2 Å². The molecule has 1 saturated carbocycles. The van der Waals surface area contributed by atoms with Gasteiger partial charge in [0.15, 0.2) is 5.16 Å². The molecule has 3 aromatic heterocycles. The molecule has 5 rings (SSSR count). The number of aromatic nitrogens is 5. The summed E-state index contributed by atoms with van der Waals surface area (Å²) in [5, 5.41) is 16.5. The number of thioether (sulfide) groups is 1. The minimum atomic E-state index is 0.503. The molecule has 1 aliphatic rings. The van der Waals surface area contributed by atoms with E-state index in [1.54, 1.807) is 23.1 Å². The molecule has 0 atom stereocenters. The highest BCUT2D eigenvalue weighted by molar-refractivity contribution is 7.98. The predicted molar refractivity (Wildman–Crippen MR) is 110 cm³/mol. The highest BCUT2D eigenvalue weighted by atomic mass is 35.5. The molecule has 28 heavy (non-hydrogen) atoms. The van der Waals surface area contributed by atoms with Crippen LogP contribution in [-0.2, 0) is 12.2 Å². The smallest absolute Gasteiger partial charge is 0.237 e. The maximum absolute atomic E-state index is 6.22. The first-order valence-corrected chi connectivity index (χ1v) is 11.2. The third-order valence-electron chi connectivity index (χ3n) is 4.47. The fraction of sp³-hybridized carbons (Fsp3) is 0.263. The summed E-state index contributed by atoms with van der Waals surface area (Å²) in [6, 6.07) is 12.2. The van der Waals surface area contributed by atoms with Crippen molar-refractivity contribution in [3.8, 4) is 11.4 Å². The van der Waals surface area contributed by atoms with Gasteiger partial charge in [-0.1, -0.05) is 46.7 Å². The Balaban J connectivity index is 1.32. The van der Waals surface area contributed by atoms with E-state index < -0.39 is 0 Å². The average molecular weight is 430 g/mol. The van der Waals surface area contributed by atoms with Crippen molar-refractivity contribution < 1.29 is 4.52 Å². The van der Waals surface area contributed by atoms with Gasteiger partial charge in [-0.25, -0.2) is 0 Å². The van der Waals surface area contributed by atoms with Gasteiger partial charge < -0.3 is 9.09 Å². The van der Waals surface area contributed by atoms with Crippen LogP contribution in [0.2, 0.25) is 5.02 Å². The molecule has 142 valence electrons. The van der Waals surface area contributed by atoms with Crippen molar-refractivity contribution in [3.05, 3.63) is 63.4 Å². The Bertz CT molecular complexity index is 1090. The molecule has 0 amide bonds. The van der Waals surface area contributed by atoms with Crippen LogP contribution in [0.3, 0.4) is 0 Å². The standard InChI is InChI=1S/C19H16ClN5OS2/c20-15-6-2-1-5-14(15)18-21-17(26-24-18)11-28-19-23-22-16(25(19)12-7-8-12)10-13-4-3-9-27-13/h1-6,9,12H,7-8,10-11H2. The molecule has 4 aromatic rings. The van der Waals surface area contributed by atoms with Crippen molar-refractivity contribution >= 4 is 34.7 Å². The largest absolute Gasteiger partial charge is 0.338 e. The van der Waals surface area contributed by atoms with E-state index in [2.05, 4.69) is 42.4 Å². The van der Waals surface area contributed by atoms with E-state index in [0.717, 1.165) is 23.0 Å². The lowest BCUT2D eigenvalue weighted by atomic mass is 10.2. The second-order valence-electron chi connectivity index (χ2n) is 6.54. The molecule has 1 fully saturated rings. The molecule has 6 nitrogen and oxygen atoms in total. The van der Waals surface area contributed by atoms with Crippen LogP contribution in [0.15, 0.2) is 51.5 Å². The van der Waals surface area contributed by atoms with Crippen LogP contribution < -0.4 is 0 Å². The van der Waals surface area contributed by atoms with Crippen LogP contribution >= 0.6 is 34.7 Å². The quantitative estimate of drug-likeness (QED) is 0.373. The molecule has 0 spiro atoms. The Morgan fingerprint density at radius 2 is 2.07 bits per heavy atom. The maximum Gasteiger partial charge on any atom is 0.237 e. The fourth-order valence-corrected chi connectivity index (χ4v) is 4.77. The monoisotopic (exact) mass is 429 g/mol. The van der Waals surface area contributed by atoms with Gasteiger partial charge in [-0.05, 0) is 36.4 Å². The number of hydrogen-bond acceptors (Lipinski definition) is 7. The van der Waals surface area contributed by atoms with E-state index in [0.29, 0.717) is 28.5 Å². The van der Waals surface area contributed by atoms with E-state index in [9.17, 15) is 0 Å². The molecule has 0 saturated heterocycles. The van der Waals surface area contributed by atoms with E-state index in [-0.39, 0.29) is 0 Å². The molecule has 1 aromatic carbocycles. The van der Waals surface area contributed by atoms with Gasteiger partial charge in [0.1, 0.15) is 5.82 Å². The lowest BCUT2D eigenvalue weighted by Gasteiger charge is -2.07. The third kappa shape index (κ3) is 3.72. The Morgan fingerprint density at radius 1 is 1.18 bits per heavy atom. The van der Waals surface area contributed by atoms with Crippen LogP contribution in [-0.4, -0.2) is 24.9 Å². The van der Waals surface area contributed by atoms with Crippen molar-refractivity contribution in [2.24, 2.45) is 0 Å². The SMILES string of the molecule is Clc1ccccc1-c1noc(CSc2nnc(Cc3cccs3)n2C2CC2)n1. The zero-order chi connectivity index (χ0) is 18.9. The van der Waals surface area contributed by atoms with Crippen molar-refractivity contribution in [2.75, 3.05) is 0 Å². The first-order chi connectivity index (χ1) is 13.8. The Morgan fingerprint density at radius 3 is 2.86 bits per heavy atom. The second-order valence-corrected chi connectivity index (χ2v) is 8.92. The molecule has 0 N–H and O–H groups in total. The molecular weight excluding hydrogens is 414 g/mol. The summed E-state index contributed by atoms with van der Waals surface area (Å²) >= 11 is 9.54. The van der Waals surface area contributed by atoms with Crippen LogP contribution in [0.25, 0.3) is 11.4 Å². The molecule has 9 heteroatoms. The topological polar surface area (TPSA) is 69.6 Å². The summed E-state index contributed by atoms with van der Waals surface area (Å²) in [7, 11) is 0. The van der Waals surface area contributed by atoms with Gasteiger partial charge in [-0.15, -0.1) is 21.5 Å². The lowest BCUT2D eigenvalue weighted by Crippen LogP contribution is -2.03. The average Bonchev–Trinajstić information content (AvgIpc) is 3.10.